The minimum atomic E-state index is 0.128. The number of hydrogen-bond acceptors (Lipinski definition) is 3. The summed E-state index contributed by atoms with van der Waals surface area (Å²) in [5.74, 6) is 0.943. The molecule has 1 aromatic heterocycles. The molecule has 0 radical (unpaired) electrons. The summed E-state index contributed by atoms with van der Waals surface area (Å²) < 4.78 is 0. The van der Waals surface area contributed by atoms with E-state index in [1.54, 1.807) is 0 Å². The van der Waals surface area contributed by atoms with E-state index in [-0.39, 0.29) is 5.54 Å². The number of pyridine rings is 1. The van der Waals surface area contributed by atoms with Gasteiger partial charge in [-0.25, -0.2) is 4.98 Å². The molecule has 2 N–H and O–H groups in total. The van der Waals surface area contributed by atoms with Crippen molar-refractivity contribution in [1.82, 2.24) is 4.98 Å². The Bertz CT molecular complexity index is 321. The number of rotatable bonds is 6. The topological polar surface area (TPSA) is 37.0 Å². The highest BCUT2D eigenvalue weighted by molar-refractivity contribution is 5.53. The van der Waals surface area contributed by atoms with Crippen LogP contribution in [0.1, 0.15) is 40.5 Å². The molecule has 0 atom stereocenters. The second kappa shape index (κ2) is 5.73. The van der Waals surface area contributed by atoms with Crippen molar-refractivity contribution in [3.8, 4) is 0 Å². The van der Waals surface area contributed by atoms with E-state index in [4.69, 9.17) is 0 Å². The summed E-state index contributed by atoms with van der Waals surface area (Å²) in [4.78, 5) is 4.28. The van der Waals surface area contributed by atoms with Crippen molar-refractivity contribution in [2.45, 2.75) is 46.1 Å². The van der Waals surface area contributed by atoms with Crippen molar-refractivity contribution in [3.63, 3.8) is 0 Å². The van der Waals surface area contributed by atoms with Crippen molar-refractivity contribution in [2.75, 3.05) is 17.2 Å². The Morgan fingerprint density at radius 3 is 2.69 bits per heavy atom. The van der Waals surface area contributed by atoms with E-state index >= 15 is 0 Å². The number of aromatic nitrogens is 1. The maximum absolute atomic E-state index is 4.28. The van der Waals surface area contributed by atoms with E-state index in [9.17, 15) is 0 Å². The Balaban J connectivity index is 2.67. The molecule has 0 aliphatic heterocycles. The van der Waals surface area contributed by atoms with Crippen LogP contribution in [-0.2, 0) is 0 Å². The summed E-state index contributed by atoms with van der Waals surface area (Å²) in [6.45, 7) is 9.70. The van der Waals surface area contributed by atoms with Crippen LogP contribution in [0.5, 0.6) is 0 Å². The van der Waals surface area contributed by atoms with E-state index in [1.807, 2.05) is 12.3 Å². The summed E-state index contributed by atoms with van der Waals surface area (Å²) in [5.41, 5.74) is 1.25. The Morgan fingerprint density at radius 2 is 2.06 bits per heavy atom. The molecule has 3 nitrogen and oxygen atoms in total. The third-order valence-corrected chi connectivity index (χ3v) is 2.68. The molecule has 1 aromatic rings. The van der Waals surface area contributed by atoms with Crippen LogP contribution >= 0.6 is 0 Å². The quantitative estimate of drug-likeness (QED) is 0.772. The van der Waals surface area contributed by atoms with Crippen molar-refractivity contribution >= 4 is 11.5 Å². The number of anilines is 2. The molecule has 0 fully saturated rings. The lowest BCUT2D eigenvalue weighted by Crippen LogP contribution is -2.29. The average molecular weight is 221 g/mol. The van der Waals surface area contributed by atoms with Gasteiger partial charge in [-0.05, 0) is 32.8 Å². The Morgan fingerprint density at radius 1 is 1.31 bits per heavy atom. The molecule has 0 unspecified atom stereocenters. The number of nitrogens with one attached hydrogen (secondary N) is 2. The molecule has 0 aromatic carbocycles. The zero-order valence-electron chi connectivity index (χ0n) is 10.8. The van der Waals surface area contributed by atoms with E-state index in [0.29, 0.717) is 0 Å². The zero-order chi connectivity index (χ0) is 12.0. The first kappa shape index (κ1) is 12.8. The molecule has 0 aliphatic carbocycles. The Kier molecular flexibility index (Phi) is 4.59. The average Bonchev–Trinajstić information content (AvgIpc) is 2.26. The maximum atomic E-state index is 4.28. The summed E-state index contributed by atoms with van der Waals surface area (Å²) >= 11 is 0. The van der Waals surface area contributed by atoms with E-state index < -0.39 is 0 Å². The number of hydrogen-bond donors (Lipinski definition) is 2. The molecule has 0 amide bonds. The van der Waals surface area contributed by atoms with Crippen LogP contribution in [0.2, 0.25) is 0 Å². The summed E-state index contributed by atoms with van der Waals surface area (Å²) in [6, 6.07) is 4.07. The fourth-order valence-corrected chi connectivity index (χ4v) is 1.34. The van der Waals surface area contributed by atoms with Gasteiger partial charge in [0.15, 0.2) is 0 Å². The van der Waals surface area contributed by atoms with Crippen LogP contribution in [0.15, 0.2) is 18.3 Å². The van der Waals surface area contributed by atoms with Crippen molar-refractivity contribution in [2.24, 2.45) is 0 Å². The van der Waals surface area contributed by atoms with Gasteiger partial charge in [0.2, 0.25) is 0 Å². The van der Waals surface area contributed by atoms with Crippen LogP contribution in [0.25, 0.3) is 0 Å². The molecule has 0 aliphatic rings. The van der Waals surface area contributed by atoms with E-state index in [2.05, 4.69) is 49.4 Å². The highest BCUT2D eigenvalue weighted by Crippen LogP contribution is 2.19. The van der Waals surface area contributed by atoms with E-state index in [1.165, 1.54) is 0 Å². The van der Waals surface area contributed by atoms with Gasteiger partial charge in [-0.2, -0.15) is 0 Å². The first-order valence-electron chi connectivity index (χ1n) is 6.05. The molecule has 90 valence electrons. The monoisotopic (exact) mass is 221 g/mol. The van der Waals surface area contributed by atoms with Crippen LogP contribution in [0, 0.1) is 0 Å². The summed E-state index contributed by atoms with van der Waals surface area (Å²) in [7, 11) is 0. The van der Waals surface area contributed by atoms with Crippen molar-refractivity contribution in [1.29, 1.82) is 0 Å². The summed E-state index contributed by atoms with van der Waals surface area (Å²) in [5, 5.41) is 6.79. The van der Waals surface area contributed by atoms with Gasteiger partial charge < -0.3 is 10.6 Å². The van der Waals surface area contributed by atoms with E-state index in [0.717, 1.165) is 30.9 Å². The van der Waals surface area contributed by atoms with Gasteiger partial charge >= 0.3 is 0 Å². The molecule has 1 rings (SSSR count). The molecule has 1 heterocycles. The molecule has 3 heteroatoms. The third-order valence-electron chi connectivity index (χ3n) is 2.68. The Hall–Kier alpha value is -1.25. The standard InChI is InChI=1S/C13H23N3/c1-5-8-14-12-10-11(7-9-15-12)16-13(3,4)6-2/h7,9-10H,5-6,8H2,1-4H3,(H2,14,15,16). The van der Waals surface area contributed by atoms with Gasteiger partial charge in [0.25, 0.3) is 0 Å². The first-order valence-corrected chi connectivity index (χ1v) is 6.05. The maximum Gasteiger partial charge on any atom is 0.127 e. The van der Waals surface area contributed by atoms with Crippen LogP contribution < -0.4 is 10.6 Å². The normalized spacial score (nSPS) is 11.2. The lowest BCUT2D eigenvalue weighted by molar-refractivity contribution is 0.547. The molecule has 0 saturated carbocycles. The second-order valence-corrected chi connectivity index (χ2v) is 4.72. The Labute approximate surface area is 98.7 Å². The molecule has 16 heavy (non-hydrogen) atoms. The van der Waals surface area contributed by atoms with Crippen molar-refractivity contribution in [3.05, 3.63) is 18.3 Å². The SMILES string of the molecule is CCCNc1cc(NC(C)(C)CC)ccn1. The lowest BCUT2D eigenvalue weighted by Gasteiger charge is -2.26. The van der Waals surface area contributed by atoms with Gasteiger partial charge in [0, 0.05) is 30.0 Å². The van der Waals surface area contributed by atoms with Crippen molar-refractivity contribution < 1.29 is 0 Å². The fourth-order valence-electron chi connectivity index (χ4n) is 1.34. The molecule has 0 bridgehead atoms. The summed E-state index contributed by atoms with van der Waals surface area (Å²) in [6.07, 6.45) is 4.04. The largest absolute Gasteiger partial charge is 0.380 e. The fraction of sp³-hybridized carbons (Fsp3) is 0.615. The van der Waals surface area contributed by atoms with Gasteiger partial charge in [0.05, 0.1) is 0 Å². The van der Waals surface area contributed by atoms with Crippen LogP contribution in [0.3, 0.4) is 0 Å². The van der Waals surface area contributed by atoms with Gasteiger partial charge in [-0.3, -0.25) is 0 Å². The molecule has 0 spiro atoms. The smallest absolute Gasteiger partial charge is 0.127 e. The molecular formula is C13H23N3. The first-order chi connectivity index (χ1) is 7.57. The predicted octanol–water partition coefficient (Wildman–Crippen LogP) is 3.50. The van der Waals surface area contributed by atoms with Gasteiger partial charge in [-0.1, -0.05) is 13.8 Å². The highest BCUT2D eigenvalue weighted by atomic mass is 15.0. The number of nitrogens with zero attached hydrogens (tertiary/aromatic N) is 1. The minimum Gasteiger partial charge on any atom is -0.380 e. The van der Waals surface area contributed by atoms with Gasteiger partial charge in [0.1, 0.15) is 5.82 Å². The predicted molar refractivity (Wildman–Crippen MR) is 71.0 cm³/mol. The second-order valence-electron chi connectivity index (χ2n) is 4.72. The molecular weight excluding hydrogens is 198 g/mol. The third kappa shape index (κ3) is 4.09. The lowest BCUT2D eigenvalue weighted by atomic mass is 10.0. The highest BCUT2D eigenvalue weighted by Gasteiger charge is 2.14. The minimum absolute atomic E-state index is 0.128. The van der Waals surface area contributed by atoms with Crippen LogP contribution in [0.4, 0.5) is 11.5 Å². The zero-order valence-corrected chi connectivity index (χ0v) is 10.8. The van der Waals surface area contributed by atoms with Crippen LogP contribution in [-0.4, -0.2) is 17.1 Å². The molecule has 0 saturated heterocycles. The van der Waals surface area contributed by atoms with Gasteiger partial charge in [-0.15, -0.1) is 0 Å².